The minimum atomic E-state index is -0.354. The third kappa shape index (κ3) is 6.26. The number of hydrogen-bond acceptors (Lipinski definition) is 3. The van der Waals surface area contributed by atoms with Gasteiger partial charge in [0.1, 0.15) is 12.4 Å². The van der Waals surface area contributed by atoms with Crippen LogP contribution in [0.4, 0.5) is 10.5 Å². The fourth-order valence-corrected chi connectivity index (χ4v) is 2.73. The van der Waals surface area contributed by atoms with E-state index in [1.807, 2.05) is 49.4 Å². The van der Waals surface area contributed by atoms with Crippen molar-refractivity contribution in [3.63, 3.8) is 0 Å². The predicted molar refractivity (Wildman–Crippen MR) is 106 cm³/mol. The maximum absolute atomic E-state index is 12.2. The Balaban J connectivity index is 2.00. The van der Waals surface area contributed by atoms with Crippen molar-refractivity contribution in [2.75, 3.05) is 18.6 Å². The normalized spacial score (nSPS) is 10.5. The average molecular weight is 376 g/mol. The van der Waals surface area contributed by atoms with Crippen LogP contribution in [0.15, 0.2) is 42.5 Å². The molecule has 0 saturated heterocycles. The molecule has 5 heteroatoms. The first kappa shape index (κ1) is 20.1. The molecule has 0 bridgehead atoms. The molecule has 2 aromatic rings. The quantitative estimate of drug-likeness (QED) is 0.532. The van der Waals surface area contributed by atoms with Gasteiger partial charge in [-0.25, -0.2) is 4.79 Å². The molecule has 0 radical (unpaired) electrons. The molecule has 0 unspecified atom stereocenters. The molecule has 4 nitrogen and oxygen atoms in total. The van der Waals surface area contributed by atoms with Gasteiger partial charge in [0.05, 0.1) is 12.3 Å². The van der Waals surface area contributed by atoms with Crippen molar-refractivity contribution in [2.24, 2.45) is 0 Å². The zero-order valence-electron chi connectivity index (χ0n) is 15.6. The molecular weight excluding hydrogens is 350 g/mol. The standard InChI is InChI=1S/C21H26ClNO3/c1-4-5-6-10-25-21(24)23(3)19-11-16(2)12-20(14-19)26-15-17-8-7-9-18(22)13-17/h7-9,11-14H,4-6,10,15H2,1-3H3. The molecule has 1 amide bonds. The summed E-state index contributed by atoms with van der Waals surface area (Å²) in [5.41, 5.74) is 2.74. The van der Waals surface area contributed by atoms with Crippen LogP contribution in [0.1, 0.15) is 37.3 Å². The second-order valence-electron chi connectivity index (χ2n) is 6.30. The van der Waals surface area contributed by atoms with Gasteiger partial charge in [0.2, 0.25) is 0 Å². The molecule has 0 saturated carbocycles. The molecule has 0 aliphatic heterocycles. The summed E-state index contributed by atoms with van der Waals surface area (Å²) in [4.78, 5) is 13.7. The number of amides is 1. The third-order valence-electron chi connectivity index (χ3n) is 3.96. The van der Waals surface area contributed by atoms with Crippen molar-refractivity contribution in [1.29, 1.82) is 0 Å². The van der Waals surface area contributed by atoms with E-state index in [4.69, 9.17) is 21.1 Å². The van der Waals surface area contributed by atoms with Gasteiger partial charge in [-0.3, -0.25) is 4.90 Å². The van der Waals surface area contributed by atoms with E-state index in [2.05, 4.69) is 6.92 Å². The molecular formula is C21H26ClNO3. The second-order valence-corrected chi connectivity index (χ2v) is 6.74. The Kier molecular flexibility index (Phi) is 7.79. The first-order valence-electron chi connectivity index (χ1n) is 8.89. The fourth-order valence-electron chi connectivity index (χ4n) is 2.51. The second kappa shape index (κ2) is 10.1. The lowest BCUT2D eigenvalue weighted by Gasteiger charge is -2.19. The van der Waals surface area contributed by atoms with Crippen LogP contribution >= 0.6 is 11.6 Å². The van der Waals surface area contributed by atoms with Gasteiger partial charge in [0.15, 0.2) is 0 Å². The van der Waals surface area contributed by atoms with E-state index in [-0.39, 0.29) is 6.09 Å². The van der Waals surface area contributed by atoms with Crippen LogP contribution in [-0.2, 0) is 11.3 Å². The van der Waals surface area contributed by atoms with Gasteiger partial charge in [0, 0.05) is 18.1 Å². The number of hydrogen-bond donors (Lipinski definition) is 0. The van der Waals surface area contributed by atoms with E-state index < -0.39 is 0 Å². The maximum Gasteiger partial charge on any atom is 0.414 e. The van der Waals surface area contributed by atoms with Crippen LogP contribution in [-0.4, -0.2) is 19.7 Å². The minimum Gasteiger partial charge on any atom is -0.489 e. The Morgan fingerprint density at radius 3 is 2.69 bits per heavy atom. The molecule has 140 valence electrons. The summed E-state index contributed by atoms with van der Waals surface area (Å²) in [5.74, 6) is 0.700. The number of ether oxygens (including phenoxy) is 2. The zero-order chi connectivity index (χ0) is 18.9. The van der Waals surface area contributed by atoms with Crippen molar-refractivity contribution >= 4 is 23.4 Å². The molecule has 2 aromatic carbocycles. The molecule has 0 atom stereocenters. The van der Waals surface area contributed by atoms with Crippen LogP contribution in [0.25, 0.3) is 0 Å². The van der Waals surface area contributed by atoms with Crippen LogP contribution in [0.5, 0.6) is 5.75 Å². The highest BCUT2D eigenvalue weighted by molar-refractivity contribution is 6.30. The van der Waals surface area contributed by atoms with E-state index in [1.54, 1.807) is 7.05 Å². The van der Waals surface area contributed by atoms with Crippen LogP contribution in [0.3, 0.4) is 0 Å². The fraction of sp³-hybridized carbons (Fsp3) is 0.381. The third-order valence-corrected chi connectivity index (χ3v) is 4.20. The van der Waals surface area contributed by atoms with E-state index in [0.29, 0.717) is 24.0 Å². The maximum atomic E-state index is 12.2. The van der Waals surface area contributed by atoms with Crippen molar-refractivity contribution in [3.8, 4) is 5.75 Å². The Morgan fingerprint density at radius 2 is 1.96 bits per heavy atom. The van der Waals surface area contributed by atoms with Crippen molar-refractivity contribution in [1.82, 2.24) is 0 Å². The Hall–Kier alpha value is -2.20. The monoisotopic (exact) mass is 375 g/mol. The van der Waals surface area contributed by atoms with Gasteiger partial charge >= 0.3 is 6.09 Å². The molecule has 0 fully saturated rings. The van der Waals surface area contributed by atoms with Crippen molar-refractivity contribution in [3.05, 3.63) is 58.6 Å². The Bertz CT molecular complexity index is 733. The summed E-state index contributed by atoms with van der Waals surface area (Å²) in [6, 6.07) is 13.3. The van der Waals surface area contributed by atoms with Crippen molar-refractivity contribution < 1.29 is 14.3 Å². The first-order valence-corrected chi connectivity index (χ1v) is 9.27. The summed E-state index contributed by atoms with van der Waals surface area (Å²) in [6.45, 7) is 4.94. The molecule has 0 heterocycles. The smallest absolute Gasteiger partial charge is 0.414 e. The van der Waals surface area contributed by atoms with E-state index in [0.717, 1.165) is 36.1 Å². The minimum absolute atomic E-state index is 0.354. The van der Waals surface area contributed by atoms with Gasteiger partial charge in [-0.1, -0.05) is 43.5 Å². The van der Waals surface area contributed by atoms with Crippen molar-refractivity contribution in [2.45, 2.75) is 39.7 Å². The molecule has 0 N–H and O–H groups in total. The number of nitrogens with zero attached hydrogens (tertiary/aromatic N) is 1. The average Bonchev–Trinajstić information content (AvgIpc) is 2.62. The molecule has 0 aromatic heterocycles. The lowest BCUT2D eigenvalue weighted by atomic mass is 10.2. The number of unbranched alkanes of at least 4 members (excludes halogenated alkanes) is 2. The number of anilines is 1. The topological polar surface area (TPSA) is 38.8 Å². The summed E-state index contributed by atoms with van der Waals surface area (Å²) in [6.07, 6.45) is 2.69. The molecule has 0 spiro atoms. The van der Waals surface area contributed by atoms with Crippen LogP contribution in [0.2, 0.25) is 5.02 Å². The van der Waals surface area contributed by atoms with Gasteiger partial charge in [0.25, 0.3) is 0 Å². The number of aryl methyl sites for hydroxylation is 1. The van der Waals surface area contributed by atoms with Gasteiger partial charge < -0.3 is 9.47 Å². The molecule has 0 aliphatic carbocycles. The van der Waals surface area contributed by atoms with Gasteiger partial charge in [-0.15, -0.1) is 0 Å². The highest BCUT2D eigenvalue weighted by atomic mass is 35.5. The van der Waals surface area contributed by atoms with Crippen LogP contribution in [0, 0.1) is 6.92 Å². The highest BCUT2D eigenvalue weighted by Crippen LogP contribution is 2.25. The van der Waals surface area contributed by atoms with Gasteiger partial charge in [-0.05, 0) is 48.7 Å². The summed E-state index contributed by atoms with van der Waals surface area (Å²) in [7, 11) is 1.71. The Labute approximate surface area is 160 Å². The van der Waals surface area contributed by atoms with E-state index in [9.17, 15) is 4.79 Å². The molecule has 26 heavy (non-hydrogen) atoms. The summed E-state index contributed by atoms with van der Waals surface area (Å²) >= 11 is 6.00. The van der Waals surface area contributed by atoms with E-state index >= 15 is 0 Å². The molecule has 0 aliphatic rings. The number of benzene rings is 2. The number of carbonyl (C=O) groups is 1. The lowest BCUT2D eigenvalue weighted by molar-refractivity contribution is 0.153. The highest BCUT2D eigenvalue weighted by Gasteiger charge is 2.13. The predicted octanol–water partition coefficient (Wildman–Crippen LogP) is 5.99. The number of rotatable bonds is 8. The van der Waals surface area contributed by atoms with Crippen LogP contribution < -0.4 is 9.64 Å². The van der Waals surface area contributed by atoms with Gasteiger partial charge in [-0.2, -0.15) is 0 Å². The number of halogens is 1. The Morgan fingerprint density at radius 1 is 1.15 bits per heavy atom. The number of carbonyl (C=O) groups excluding carboxylic acids is 1. The lowest BCUT2D eigenvalue weighted by Crippen LogP contribution is -2.27. The van der Waals surface area contributed by atoms with E-state index in [1.165, 1.54) is 4.90 Å². The summed E-state index contributed by atoms with van der Waals surface area (Å²) < 4.78 is 11.2. The largest absolute Gasteiger partial charge is 0.489 e. The summed E-state index contributed by atoms with van der Waals surface area (Å²) in [5, 5.41) is 0.682. The SMILES string of the molecule is CCCCCOC(=O)N(C)c1cc(C)cc(OCc2cccc(Cl)c2)c1. The zero-order valence-corrected chi connectivity index (χ0v) is 16.4. The first-order chi connectivity index (χ1) is 12.5. The molecule has 2 rings (SSSR count).